The number of carbonyl (C=O) groups is 1. The number of rotatable bonds is 6. The highest BCUT2D eigenvalue weighted by molar-refractivity contribution is 5.83. The quantitative estimate of drug-likeness (QED) is 0.473. The van der Waals surface area contributed by atoms with Crippen LogP contribution in [0.4, 0.5) is 11.6 Å². The first-order valence-corrected chi connectivity index (χ1v) is 10.1. The van der Waals surface area contributed by atoms with Crippen molar-refractivity contribution in [2.75, 3.05) is 30.7 Å². The van der Waals surface area contributed by atoms with Crippen molar-refractivity contribution >= 4 is 17.9 Å². The lowest BCUT2D eigenvalue weighted by molar-refractivity contribution is -0.103. The molecule has 7 nitrogen and oxygen atoms in total. The second-order valence-corrected chi connectivity index (χ2v) is 7.23. The highest BCUT2D eigenvalue weighted by atomic mass is 16.5. The van der Waals surface area contributed by atoms with E-state index in [4.69, 9.17) is 10.5 Å². The van der Waals surface area contributed by atoms with Gasteiger partial charge in [-0.25, -0.2) is 9.97 Å². The zero-order valence-corrected chi connectivity index (χ0v) is 17.0. The van der Waals surface area contributed by atoms with Crippen LogP contribution in [-0.2, 0) is 4.79 Å². The van der Waals surface area contributed by atoms with Gasteiger partial charge in [0.2, 0.25) is 0 Å². The number of nitrogens with one attached hydrogen (secondary N) is 1. The molecule has 0 radical (unpaired) electrons. The Morgan fingerprint density at radius 3 is 2.68 bits per heavy atom. The molecule has 2 aromatic carbocycles. The number of hydrogen-bond acceptors (Lipinski definition) is 7. The number of nitrogen functional groups attached to an aromatic ring is 1. The Morgan fingerprint density at radius 1 is 1.13 bits per heavy atom. The number of benzene rings is 2. The summed E-state index contributed by atoms with van der Waals surface area (Å²) in [7, 11) is 0. The van der Waals surface area contributed by atoms with Gasteiger partial charge in [0.25, 0.3) is 0 Å². The van der Waals surface area contributed by atoms with E-state index in [-0.39, 0.29) is 6.04 Å². The van der Waals surface area contributed by atoms with Crippen molar-refractivity contribution in [2.24, 2.45) is 0 Å². The minimum atomic E-state index is 0.215. The average Bonchev–Trinajstić information content (AvgIpc) is 3.23. The second kappa shape index (κ2) is 9.74. The maximum absolute atomic E-state index is 10.4. The summed E-state index contributed by atoms with van der Waals surface area (Å²) in [5.74, 6) is 7.95. The smallest absolute Gasteiger partial charge is 0.192 e. The predicted octanol–water partition coefficient (Wildman–Crippen LogP) is 3.21. The van der Waals surface area contributed by atoms with Crippen LogP contribution >= 0.6 is 0 Å². The lowest BCUT2D eigenvalue weighted by atomic mass is 10.1. The van der Waals surface area contributed by atoms with E-state index in [2.05, 4.69) is 32.0 Å². The number of nitrogens with zero attached hydrogens (tertiary/aromatic N) is 3. The molecule has 0 aliphatic carbocycles. The standard InChI is InChI=1S/C24H23N5O2/c25-23-22(18-8-10-21(11-9-18)31-20-6-2-1-3-7-20)24(27-17-26-23)28-19-12-14-29(16-19)13-4-5-15-30/h1-3,6-11,15,17,19H,12-14,16H2,(H3,25,26,27,28). The Bertz CT molecular complexity index is 1090. The normalized spacial score (nSPS) is 15.7. The molecule has 0 saturated carbocycles. The minimum Gasteiger partial charge on any atom is -0.457 e. The summed E-state index contributed by atoms with van der Waals surface area (Å²) in [6, 6.07) is 17.6. The first kappa shape index (κ1) is 20.4. The molecule has 4 rings (SSSR count). The summed E-state index contributed by atoms with van der Waals surface area (Å²) in [5, 5.41) is 3.50. The zero-order chi connectivity index (χ0) is 21.5. The van der Waals surface area contributed by atoms with Crippen LogP contribution in [0.3, 0.4) is 0 Å². The summed E-state index contributed by atoms with van der Waals surface area (Å²) < 4.78 is 5.87. The van der Waals surface area contributed by atoms with Crippen molar-refractivity contribution < 1.29 is 9.53 Å². The van der Waals surface area contributed by atoms with Crippen molar-refractivity contribution in [3.05, 3.63) is 60.9 Å². The average molecular weight is 413 g/mol. The van der Waals surface area contributed by atoms with Crippen LogP contribution in [0.5, 0.6) is 11.5 Å². The molecule has 2 heterocycles. The van der Waals surface area contributed by atoms with Gasteiger partial charge in [0.05, 0.1) is 12.1 Å². The molecule has 1 aliphatic heterocycles. The molecular formula is C24H23N5O2. The highest BCUT2D eigenvalue weighted by Gasteiger charge is 2.23. The number of likely N-dealkylation sites (tertiary alicyclic amines) is 1. The van der Waals surface area contributed by atoms with Crippen LogP contribution in [0.2, 0.25) is 0 Å². The molecule has 3 N–H and O–H groups in total. The van der Waals surface area contributed by atoms with Gasteiger partial charge in [-0.3, -0.25) is 9.69 Å². The van der Waals surface area contributed by atoms with Gasteiger partial charge in [-0.05, 0) is 42.2 Å². The van der Waals surface area contributed by atoms with Crippen LogP contribution in [0.1, 0.15) is 6.42 Å². The largest absolute Gasteiger partial charge is 0.457 e. The van der Waals surface area contributed by atoms with E-state index in [0.29, 0.717) is 24.5 Å². The maximum Gasteiger partial charge on any atom is 0.192 e. The zero-order valence-electron chi connectivity index (χ0n) is 17.0. The van der Waals surface area contributed by atoms with Crippen molar-refractivity contribution in [3.8, 4) is 34.5 Å². The fourth-order valence-electron chi connectivity index (χ4n) is 3.59. The van der Waals surface area contributed by atoms with Crippen molar-refractivity contribution in [3.63, 3.8) is 0 Å². The summed E-state index contributed by atoms with van der Waals surface area (Å²) in [6.45, 7) is 2.31. The van der Waals surface area contributed by atoms with E-state index < -0.39 is 0 Å². The Morgan fingerprint density at radius 2 is 1.90 bits per heavy atom. The van der Waals surface area contributed by atoms with Crippen LogP contribution in [0.25, 0.3) is 11.1 Å². The summed E-state index contributed by atoms with van der Waals surface area (Å²) in [6.07, 6.45) is 3.05. The lowest BCUT2D eigenvalue weighted by Gasteiger charge is -2.18. The van der Waals surface area contributed by atoms with E-state index in [1.54, 1.807) is 0 Å². The number of anilines is 2. The molecule has 0 spiro atoms. The number of aldehydes is 1. The number of ether oxygens (including phenoxy) is 1. The molecule has 0 amide bonds. The summed E-state index contributed by atoms with van der Waals surface area (Å²) >= 11 is 0. The SMILES string of the molecule is Nc1ncnc(NC2CCN(CC#CC=O)C2)c1-c1ccc(Oc2ccccc2)cc1. The molecule has 1 aromatic heterocycles. The molecule has 1 aliphatic rings. The summed E-state index contributed by atoms with van der Waals surface area (Å²) in [5.41, 5.74) is 7.89. The fourth-order valence-corrected chi connectivity index (χ4v) is 3.59. The molecule has 1 unspecified atom stereocenters. The lowest BCUT2D eigenvalue weighted by Crippen LogP contribution is -2.27. The van der Waals surface area contributed by atoms with Crippen molar-refractivity contribution in [2.45, 2.75) is 12.5 Å². The Balaban J connectivity index is 1.48. The maximum atomic E-state index is 10.4. The Kier molecular flexibility index (Phi) is 6.41. The van der Waals surface area contributed by atoms with Crippen molar-refractivity contribution in [1.29, 1.82) is 0 Å². The molecule has 3 aromatic rings. The molecule has 0 bridgehead atoms. The van der Waals surface area contributed by atoms with Gasteiger partial charge in [0.15, 0.2) is 6.29 Å². The first-order chi connectivity index (χ1) is 15.2. The third-order valence-corrected chi connectivity index (χ3v) is 5.08. The van der Waals surface area contributed by atoms with Crippen LogP contribution in [0, 0.1) is 11.8 Å². The third kappa shape index (κ3) is 5.18. The molecule has 7 heteroatoms. The van der Waals surface area contributed by atoms with Gasteiger partial charge in [-0.2, -0.15) is 0 Å². The predicted molar refractivity (Wildman–Crippen MR) is 121 cm³/mol. The van der Waals surface area contributed by atoms with Gasteiger partial charge < -0.3 is 15.8 Å². The monoisotopic (exact) mass is 413 g/mol. The van der Waals surface area contributed by atoms with Crippen LogP contribution < -0.4 is 15.8 Å². The van der Waals surface area contributed by atoms with Gasteiger partial charge in [0, 0.05) is 19.1 Å². The second-order valence-electron chi connectivity index (χ2n) is 7.23. The van der Waals surface area contributed by atoms with Gasteiger partial charge >= 0.3 is 0 Å². The van der Waals surface area contributed by atoms with E-state index in [1.807, 2.05) is 54.6 Å². The van der Waals surface area contributed by atoms with Crippen molar-refractivity contribution in [1.82, 2.24) is 14.9 Å². The van der Waals surface area contributed by atoms with Gasteiger partial charge in [-0.15, -0.1) is 0 Å². The number of nitrogens with two attached hydrogens (primary N) is 1. The van der Waals surface area contributed by atoms with Crippen LogP contribution in [-0.4, -0.2) is 46.8 Å². The topological polar surface area (TPSA) is 93.4 Å². The number of para-hydroxylation sites is 1. The summed E-state index contributed by atoms with van der Waals surface area (Å²) in [4.78, 5) is 21.2. The number of hydrogen-bond donors (Lipinski definition) is 2. The molecule has 1 saturated heterocycles. The molecule has 1 fully saturated rings. The minimum absolute atomic E-state index is 0.215. The first-order valence-electron chi connectivity index (χ1n) is 10.1. The van der Waals surface area contributed by atoms with E-state index >= 15 is 0 Å². The molecule has 31 heavy (non-hydrogen) atoms. The van der Waals surface area contributed by atoms with Gasteiger partial charge in [0.1, 0.15) is 29.5 Å². The van der Waals surface area contributed by atoms with E-state index in [1.165, 1.54) is 6.33 Å². The number of carbonyl (C=O) groups excluding carboxylic acids is 1. The molecule has 156 valence electrons. The number of aromatic nitrogens is 2. The van der Waals surface area contributed by atoms with E-state index in [0.717, 1.165) is 42.1 Å². The van der Waals surface area contributed by atoms with Gasteiger partial charge in [-0.1, -0.05) is 36.3 Å². The fraction of sp³-hybridized carbons (Fsp3) is 0.208. The van der Waals surface area contributed by atoms with Crippen LogP contribution in [0.15, 0.2) is 60.9 Å². The Hall–Kier alpha value is -3.89. The van der Waals surface area contributed by atoms with E-state index in [9.17, 15) is 4.79 Å². The molecule has 1 atom stereocenters. The highest BCUT2D eigenvalue weighted by Crippen LogP contribution is 2.33. The molecular weight excluding hydrogens is 390 g/mol. The Labute approximate surface area is 181 Å². The third-order valence-electron chi connectivity index (χ3n) is 5.08.